The highest BCUT2D eigenvalue weighted by Gasteiger charge is 2.02. The third kappa shape index (κ3) is 2.65. The van der Waals surface area contributed by atoms with Crippen LogP contribution in [0.4, 0.5) is 0 Å². The molecule has 1 aromatic heterocycles. The Balaban J connectivity index is 2.16. The van der Waals surface area contributed by atoms with Crippen LogP contribution in [0.15, 0.2) is 46.5 Å². The van der Waals surface area contributed by atoms with Crippen LogP contribution in [0.3, 0.4) is 0 Å². The zero-order chi connectivity index (χ0) is 11.4. The van der Waals surface area contributed by atoms with Crippen molar-refractivity contribution in [3.8, 4) is 0 Å². The smallest absolute Gasteiger partial charge is 0.197 e. The first kappa shape index (κ1) is 11.2. The molecule has 0 aliphatic heterocycles. The maximum absolute atomic E-state index is 11.7. The second-order valence-electron chi connectivity index (χ2n) is 3.08. The molecular formula is C12H8BrNOS. The molecule has 4 heteroatoms. The molecule has 0 unspecified atom stereocenters. The average Bonchev–Trinajstić information content (AvgIpc) is 2.81. The molecular weight excluding hydrogens is 286 g/mol. The SMILES string of the molecule is O=C(/C=C/c1ccccc1Br)c1cncs1. The largest absolute Gasteiger partial charge is 0.288 e. The third-order valence-electron chi connectivity index (χ3n) is 1.99. The van der Waals surface area contributed by atoms with Crippen LogP contribution in [0.1, 0.15) is 15.2 Å². The van der Waals surface area contributed by atoms with Gasteiger partial charge in [0.25, 0.3) is 0 Å². The summed E-state index contributed by atoms with van der Waals surface area (Å²) in [4.78, 5) is 16.2. The summed E-state index contributed by atoms with van der Waals surface area (Å²) in [5.41, 5.74) is 2.64. The molecule has 1 heterocycles. The van der Waals surface area contributed by atoms with Crippen LogP contribution in [0.5, 0.6) is 0 Å². The lowest BCUT2D eigenvalue weighted by molar-refractivity contribution is 0.105. The van der Waals surface area contributed by atoms with Crippen LogP contribution in [0.2, 0.25) is 0 Å². The van der Waals surface area contributed by atoms with E-state index in [1.165, 1.54) is 11.3 Å². The zero-order valence-electron chi connectivity index (χ0n) is 8.26. The van der Waals surface area contributed by atoms with Crippen molar-refractivity contribution in [1.82, 2.24) is 4.98 Å². The lowest BCUT2D eigenvalue weighted by Crippen LogP contribution is -1.89. The fraction of sp³-hybridized carbons (Fsp3) is 0. The molecule has 0 aliphatic carbocycles. The molecule has 1 aromatic carbocycles. The molecule has 0 fully saturated rings. The Labute approximate surface area is 106 Å². The molecule has 0 aliphatic rings. The molecule has 0 amide bonds. The van der Waals surface area contributed by atoms with E-state index in [9.17, 15) is 4.79 Å². The van der Waals surface area contributed by atoms with Gasteiger partial charge in [0.15, 0.2) is 5.78 Å². The lowest BCUT2D eigenvalue weighted by atomic mass is 10.2. The van der Waals surface area contributed by atoms with E-state index in [1.54, 1.807) is 23.9 Å². The first-order valence-electron chi connectivity index (χ1n) is 4.63. The van der Waals surface area contributed by atoms with Gasteiger partial charge in [-0.15, -0.1) is 11.3 Å². The summed E-state index contributed by atoms with van der Waals surface area (Å²) in [6.07, 6.45) is 4.94. The molecule has 16 heavy (non-hydrogen) atoms. The number of hydrogen-bond donors (Lipinski definition) is 0. The van der Waals surface area contributed by atoms with Gasteiger partial charge in [-0.05, 0) is 23.8 Å². The summed E-state index contributed by atoms with van der Waals surface area (Å²) >= 11 is 4.77. The minimum absolute atomic E-state index is 0.0155. The van der Waals surface area contributed by atoms with E-state index in [4.69, 9.17) is 0 Å². The van der Waals surface area contributed by atoms with Gasteiger partial charge in [0.05, 0.1) is 10.4 Å². The minimum Gasteiger partial charge on any atom is -0.288 e. The van der Waals surface area contributed by atoms with Crippen molar-refractivity contribution in [3.05, 3.63) is 57.0 Å². The van der Waals surface area contributed by atoms with Crippen molar-refractivity contribution in [2.45, 2.75) is 0 Å². The van der Waals surface area contributed by atoms with Gasteiger partial charge >= 0.3 is 0 Å². The van der Waals surface area contributed by atoms with Crippen LogP contribution in [0.25, 0.3) is 6.08 Å². The zero-order valence-corrected chi connectivity index (χ0v) is 10.7. The summed E-state index contributed by atoms with van der Waals surface area (Å²) in [6.45, 7) is 0. The molecule has 0 bridgehead atoms. The van der Waals surface area contributed by atoms with Crippen LogP contribution in [0, 0.1) is 0 Å². The van der Waals surface area contributed by atoms with Crippen LogP contribution < -0.4 is 0 Å². The summed E-state index contributed by atoms with van der Waals surface area (Å²) in [6, 6.07) is 7.76. The number of benzene rings is 1. The number of hydrogen-bond acceptors (Lipinski definition) is 3. The topological polar surface area (TPSA) is 30.0 Å². The average molecular weight is 294 g/mol. The van der Waals surface area contributed by atoms with Crippen LogP contribution in [-0.2, 0) is 0 Å². The third-order valence-corrected chi connectivity index (χ3v) is 3.50. The number of aromatic nitrogens is 1. The number of allylic oxidation sites excluding steroid dienone is 1. The van der Waals surface area contributed by atoms with Crippen LogP contribution in [-0.4, -0.2) is 10.8 Å². The first-order chi connectivity index (χ1) is 7.77. The van der Waals surface area contributed by atoms with E-state index in [2.05, 4.69) is 20.9 Å². The first-order valence-corrected chi connectivity index (χ1v) is 6.30. The van der Waals surface area contributed by atoms with Crippen LogP contribution >= 0.6 is 27.3 Å². The van der Waals surface area contributed by atoms with Gasteiger partial charge in [-0.1, -0.05) is 34.1 Å². The second-order valence-corrected chi connectivity index (χ2v) is 4.83. The van der Waals surface area contributed by atoms with Gasteiger partial charge in [0, 0.05) is 10.7 Å². The maximum Gasteiger partial charge on any atom is 0.197 e. The quantitative estimate of drug-likeness (QED) is 0.636. The Morgan fingerprint density at radius 3 is 2.88 bits per heavy atom. The van der Waals surface area contributed by atoms with Gasteiger partial charge in [-0.3, -0.25) is 9.78 Å². The number of thiazole rings is 1. The maximum atomic E-state index is 11.7. The van der Waals surface area contributed by atoms with Crippen molar-refractivity contribution in [2.24, 2.45) is 0 Å². The molecule has 2 aromatic rings. The van der Waals surface area contributed by atoms with E-state index in [0.717, 1.165) is 10.0 Å². The second kappa shape index (κ2) is 5.18. The molecule has 2 rings (SSSR count). The number of carbonyl (C=O) groups excluding carboxylic acids is 1. The number of nitrogens with zero attached hydrogens (tertiary/aromatic N) is 1. The summed E-state index contributed by atoms with van der Waals surface area (Å²) in [7, 11) is 0. The monoisotopic (exact) mass is 293 g/mol. The van der Waals surface area contributed by atoms with E-state index in [1.807, 2.05) is 24.3 Å². The highest BCUT2D eigenvalue weighted by molar-refractivity contribution is 9.10. The molecule has 0 spiro atoms. The van der Waals surface area contributed by atoms with Crippen molar-refractivity contribution < 1.29 is 4.79 Å². The summed E-state index contributed by atoms with van der Waals surface area (Å²) < 4.78 is 0.975. The van der Waals surface area contributed by atoms with Gasteiger partial charge < -0.3 is 0 Å². The molecule has 0 saturated carbocycles. The Morgan fingerprint density at radius 2 is 2.19 bits per heavy atom. The molecule has 0 N–H and O–H groups in total. The van der Waals surface area contributed by atoms with E-state index < -0.39 is 0 Å². The Kier molecular flexibility index (Phi) is 3.64. The van der Waals surface area contributed by atoms with Crippen molar-refractivity contribution in [3.63, 3.8) is 0 Å². The Morgan fingerprint density at radius 1 is 1.38 bits per heavy atom. The Hall–Kier alpha value is -1.26. The van der Waals surface area contributed by atoms with E-state index in [-0.39, 0.29) is 5.78 Å². The Bertz CT molecular complexity index is 520. The van der Waals surface area contributed by atoms with Crippen molar-refractivity contribution in [1.29, 1.82) is 0 Å². The lowest BCUT2D eigenvalue weighted by Gasteiger charge is -1.95. The molecule has 80 valence electrons. The normalized spacial score (nSPS) is 10.8. The van der Waals surface area contributed by atoms with Crippen molar-refractivity contribution in [2.75, 3.05) is 0 Å². The fourth-order valence-electron chi connectivity index (χ4n) is 1.20. The van der Waals surface area contributed by atoms with Gasteiger partial charge in [0.1, 0.15) is 0 Å². The summed E-state index contributed by atoms with van der Waals surface area (Å²) in [5, 5.41) is 0. The number of carbonyl (C=O) groups is 1. The molecule has 0 radical (unpaired) electrons. The van der Waals surface area contributed by atoms with Gasteiger partial charge in [0.2, 0.25) is 0 Å². The predicted molar refractivity (Wildman–Crippen MR) is 69.6 cm³/mol. The standard InChI is InChI=1S/C12H8BrNOS/c13-10-4-2-1-3-9(10)5-6-11(15)12-7-14-8-16-12/h1-8H/b6-5+. The van der Waals surface area contributed by atoms with Gasteiger partial charge in [-0.25, -0.2) is 0 Å². The van der Waals surface area contributed by atoms with Gasteiger partial charge in [-0.2, -0.15) is 0 Å². The number of halogens is 1. The number of rotatable bonds is 3. The number of ketones is 1. The summed E-state index contributed by atoms with van der Waals surface area (Å²) in [5.74, 6) is -0.0155. The van der Waals surface area contributed by atoms with E-state index >= 15 is 0 Å². The highest BCUT2D eigenvalue weighted by atomic mass is 79.9. The molecule has 0 atom stereocenters. The van der Waals surface area contributed by atoms with Crippen molar-refractivity contribution >= 4 is 39.1 Å². The molecule has 0 saturated heterocycles. The fourth-order valence-corrected chi connectivity index (χ4v) is 2.15. The highest BCUT2D eigenvalue weighted by Crippen LogP contribution is 2.17. The predicted octanol–water partition coefficient (Wildman–Crippen LogP) is 3.80. The molecule has 2 nitrogen and oxygen atoms in total. The minimum atomic E-state index is -0.0155. The van der Waals surface area contributed by atoms with E-state index in [0.29, 0.717) is 4.88 Å².